The molecule has 1 atom stereocenters. The van der Waals surface area contributed by atoms with E-state index in [1.807, 2.05) is 7.05 Å². The lowest BCUT2D eigenvalue weighted by molar-refractivity contribution is 0.0931. The Kier molecular flexibility index (Phi) is 5.66. The minimum absolute atomic E-state index is 0.0732. The van der Waals surface area contributed by atoms with Gasteiger partial charge in [-0.2, -0.15) is 0 Å². The van der Waals surface area contributed by atoms with E-state index in [-0.39, 0.29) is 5.41 Å². The highest BCUT2D eigenvalue weighted by Gasteiger charge is 2.30. The highest BCUT2D eigenvalue weighted by atomic mass is 16.5. The third-order valence-corrected chi connectivity index (χ3v) is 3.37. The molecule has 0 spiro atoms. The Morgan fingerprint density at radius 3 is 2.41 bits per heavy atom. The first kappa shape index (κ1) is 14.2. The maximum Gasteiger partial charge on any atom is 0.0628 e. The van der Waals surface area contributed by atoms with E-state index in [0.717, 1.165) is 19.6 Å². The van der Waals surface area contributed by atoms with Gasteiger partial charge in [0.15, 0.2) is 0 Å². The number of rotatable bonds is 7. The van der Waals surface area contributed by atoms with Crippen LogP contribution in [0.25, 0.3) is 0 Å². The minimum atomic E-state index is 0.0732. The molecule has 2 heteroatoms. The Balaban J connectivity index is 2.72. The molecular formula is C15H25NO. The molecule has 0 aliphatic carbocycles. The summed E-state index contributed by atoms with van der Waals surface area (Å²) in [5.41, 5.74) is 1.42. The van der Waals surface area contributed by atoms with Gasteiger partial charge in [-0.1, -0.05) is 51.1 Å². The normalized spacial score (nSPS) is 13.6. The van der Waals surface area contributed by atoms with Gasteiger partial charge in [-0.25, -0.2) is 0 Å². The number of hydrogen-bond donors (Lipinski definition) is 1. The van der Waals surface area contributed by atoms with Gasteiger partial charge in [-0.15, -0.1) is 0 Å². The summed E-state index contributed by atoms with van der Waals surface area (Å²) in [6, 6.07) is 10.9. The zero-order chi connectivity index (χ0) is 12.7. The number of ether oxygens (including phenoxy) is 1. The Bertz CT molecular complexity index is 308. The van der Waals surface area contributed by atoms with Crippen LogP contribution in [0.1, 0.15) is 32.8 Å². The standard InChI is InChI=1S/C15H25NO/c1-5-11-17-12-14(16-4)15(2,3)13-9-7-6-8-10-13/h6-10,14,16H,5,11-12H2,1-4H3. The van der Waals surface area contributed by atoms with Crippen LogP contribution >= 0.6 is 0 Å². The van der Waals surface area contributed by atoms with E-state index in [2.05, 4.69) is 56.4 Å². The van der Waals surface area contributed by atoms with Crippen molar-refractivity contribution in [1.29, 1.82) is 0 Å². The maximum atomic E-state index is 5.68. The fraction of sp³-hybridized carbons (Fsp3) is 0.600. The van der Waals surface area contributed by atoms with Gasteiger partial charge in [0, 0.05) is 18.1 Å². The third kappa shape index (κ3) is 3.83. The lowest BCUT2D eigenvalue weighted by Gasteiger charge is -2.34. The van der Waals surface area contributed by atoms with Crippen LogP contribution in [0.3, 0.4) is 0 Å². The third-order valence-electron chi connectivity index (χ3n) is 3.37. The van der Waals surface area contributed by atoms with Crippen molar-refractivity contribution in [2.24, 2.45) is 0 Å². The zero-order valence-corrected chi connectivity index (χ0v) is 11.5. The van der Waals surface area contributed by atoms with E-state index in [1.54, 1.807) is 0 Å². The summed E-state index contributed by atoms with van der Waals surface area (Å²) in [7, 11) is 2.00. The van der Waals surface area contributed by atoms with E-state index in [9.17, 15) is 0 Å². The monoisotopic (exact) mass is 235 g/mol. The number of nitrogens with one attached hydrogen (secondary N) is 1. The molecule has 0 fully saturated rings. The maximum absolute atomic E-state index is 5.68. The van der Waals surface area contributed by atoms with Crippen LogP contribution in [0.4, 0.5) is 0 Å². The molecule has 17 heavy (non-hydrogen) atoms. The van der Waals surface area contributed by atoms with E-state index >= 15 is 0 Å². The first-order valence-electron chi connectivity index (χ1n) is 6.43. The summed E-state index contributed by atoms with van der Waals surface area (Å²) in [4.78, 5) is 0. The Morgan fingerprint density at radius 2 is 1.88 bits per heavy atom. The molecule has 1 rings (SSSR count). The topological polar surface area (TPSA) is 21.3 Å². The van der Waals surface area contributed by atoms with Gasteiger partial charge < -0.3 is 10.1 Å². The van der Waals surface area contributed by atoms with Crippen molar-refractivity contribution in [2.75, 3.05) is 20.3 Å². The molecule has 0 aromatic heterocycles. The molecule has 96 valence electrons. The molecule has 0 radical (unpaired) electrons. The number of benzene rings is 1. The van der Waals surface area contributed by atoms with Crippen LogP contribution in [-0.2, 0) is 10.2 Å². The highest BCUT2D eigenvalue weighted by Crippen LogP contribution is 2.27. The van der Waals surface area contributed by atoms with Crippen molar-refractivity contribution in [3.63, 3.8) is 0 Å². The van der Waals surface area contributed by atoms with E-state index in [0.29, 0.717) is 6.04 Å². The van der Waals surface area contributed by atoms with E-state index in [4.69, 9.17) is 4.74 Å². The van der Waals surface area contributed by atoms with Crippen LogP contribution in [-0.4, -0.2) is 26.3 Å². The van der Waals surface area contributed by atoms with Gasteiger partial charge in [-0.3, -0.25) is 0 Å². The van der Waals surface area contributed by atoms with Crippen molar-refractivity contribution in [3.8, 4) is 0 Å². The Morgan fingerprint density at radius 1 is 1.24 bits per heavy atom. The lowest BCUT2D eigenvalue weighted by Crippen LogP contribution is -2.46. The molecule has 0 amide bonds. The second-order valence-corrected chi connectivity index (χ2v) is 5.00. The van der Waals surface area contributed by atoms with E-state index < -0.39 is 0 Å². The fourth-order valence-corrected chi connectivity index (χ4v) is 2.07. The first-order chi connectivity index (χ1) is 8.12. The van der Waals surface area contributed by atoms with Crippen molar-refractivity contribution < 1.29 is 4.74 Å². The van der Waals surface area contributed by atoms with Crippen LogP contribution in [0.2, 0.25) is 0 Å². The summed E-state index contributed by atoms with van der Waals surface area (Å²) >= 11 is 0. The Labute approximate surface area is 105 Å². The summed E-state index contributed by atoms with van der Waals surface area (Å²) < 4.78 is 5.68. The first-order valence-corrected chi connectivity index (χ1v) is 6.43. The van der Waals surface area contributed by atoms with Crippen molar-refractivity contribution in [1.82, 2.24) is 5.32 Å². The molecule has 1 aromatic rings. The average molecular weight is 235 g/mol. The lowest BCUT2D eigenvalue weighted by atomic mass is 9.78. The molecule has 0 heterocycles. The van der Waals surface area contributed by atoms with Gasteiger partial charge in [0.1, 0.15) is 0 Å². The molecule has 0 bridgehead atoms. The van der Waals surface area contributed by atoms with Crippen LogP contribution in [0, 0.1) is 0 Å². The molecular weight excluding hydrogens is 210 g/mol. The predicted octanol–water partition coefficient (Wildman–Crippen LogP) is 2.98. The van der Waals surface area contributed by atoms with Gasteiger partial charge in [0.05, 0.1) is 6.61 Å². The van der Waals surface area contributed by atoms with Crippen molar-refractivity contribution in [2.45, 2.75) is 38.6 Å². The SMILES string of the molecule is CCCOCC(NC)C(C)(C)c1ccccc1. The predicted molar refractivity (Wildman–Crippen MR) is 73.4 cm³/mol. The van der Waals surface area contributed by atoms with Crippen LogP contribution < -0.4 is 5.32 Å². The van der Waals surface area contributed by atoms with Gasteiger partial charge in [0.2, 0.25) is 0 Å². The molecule has 1 N–H and O–H groups in total. The number of likely N-dealkylation sites (N-methyl/N-ethyl adjacent to an activating group) is 1. The summed E-state index contributed by atoms with van der Waals surface area (Å²) in [5.74, 6) is 0. The fourth-order valence-electron chi connectivity index (χ4n) is 2.07. The second kappa shape index (κ2) is 6.77. The molecule has 0 aliphatic rings. The molecule has 0 saturated heterocycles. The van der Waals surface area contributed by atoms with Gasteiger partial charge in [0.25, 0.3) is 0 Å². The minimum Gasteiger partial charge on any atom is -0.380 e. The van der Waals surface area contributed by atoms with Gasteiger partial charge >= 0.3 is 0 Å². The Hall–Kier alpha value is -0.860. The van der Waals surface area contributed by atoms with Gasteiger partial charge in [-0.05, 0) is 19.0 Å². The molecule has 1 aromatic carbocycles. The van der Waals surface area contributed by atoms with Crippen LogP contribution in [0.15, 0.2) is 30.3 Å². The van der Waals surface area contributed by atoms with Crippen molar-refractivity contribution in [3.05, 3.63) is 35.9 Å². The van der Waals surface area contributed by atoms with Crippen LogP contribution in [0.5, 0.6) is 0 Å². The summed E-state index contributed by atoms with van der Waals surface area (Å²) in [5, 5.41) is 3.37. The second-order valence-electron chi connectivity index (χ2n) is 5.00. The molecule has 0 aliphatic heterocycles. The van der Waals surface area contributed by atoms with E-state index in [1.165, 1.54) is 5.56 Å². The average Bonchev–Trinajstić information content (AvgIpc) is 2.35. The van der Waals surface area contributed by atoms with Crippen molar-refractivity contribution >= 4 is 0 Å². The summed E-state index contributed by atoms with van der Waals surface area (Å²) in [6.07, 6.45) is 1.07. The summed E-state index contributed by atoms with van der Waals surface area (Å²) in [6.45, 7) is 8.25. The largest absolute Gasteiger partial charge is 0.380 e. The zero-order valence-electron chi connectivity index (χ0n) is 11.5. The smallest absolute Gasteiger partial charge is 0.0628 e. The molecule has 1 unspecified atom stereocenters. The highest BCUT2D eigenvalue weighted by molar-refractivity contribution is 5.25. The number of hydrogen-bond acceptors (Lipinski definition) is 2. The molecule has 0 saturated carbocycles. The quantitative estimate of drug-likeness (QED) is 0.734. The molecule has 2 nitrogen and oxygen atoms in total.